The van der Waals surface area contributed by atoms with Crippen LogP contribution < -0.4 is 4.74 Å². The lowest BCUT2D eigenvalue weighted by molar-refractivity contribution is 0.408. The van der Waals surface area contributed by atoms with E-state index in [4.69, 9.17) is 4.74 Å². The van der Waals surface area contributed by atoms with Crippen molar-refractivity contribution in [3.05, 3.63) is 62.6 Å². The molecule has 0 fully saturated rings. The summed E-state index contributed by atoms with van der Waals surface area (Å²) in [6, 6.07) is 10.8. The highest BCUT2D eigenvalue weighted by molar-refractivity contribution is 9.10. The molecule has 0 heterocycles. The molecule has 0 N–H and O–H groups in total. The van der Waals surface area contributed by atoms with E-state index >= 15 is 0 Å². The van der Waals surface area contributed by atoms with E-state index in [9.17, 15) is 0 Å². The van der Waals surface area contributed by atoms with Crippen LogP contribution in [0.3, 0.4) is 0 Å². The minimum Gasteiger partial charge on any atom is -0.496 e. The van der Waals surface area contributed by atoms with Crippen LogP contribution >= 0.6 is 31.9 Å². The second kappa shape index (κ2) is 6.31. The first-order valence-corrected chi connectivity index (χ1v) is 8.20. The number of rotatable bonds is 3. The van der Waals surface area contributed by atoms with Crippen molar-refractivity contribution in [1.82, 2.24) is 0 Å². The van der Waals surface area contributed by atoms with Gasteiger partial charge in [0.15, 0.2) is 0 Å². The number of methoxy groups -OCH3 is 1. The molecule has 0 bridgehead atoms. The summed E-state index contributed by atoms with van der Waals surface area (Å²) in [7, 11) is 1.72. The van der Waals surface area contributed by atoms with Crippen molar-refractivity contribution in [2.45, 2.75) is 25.6 Å². The Labute approximate surface area is 137 Å². The third-order valence-corrected chi connectivity index (χ3v) is 5.01. The summed E-state index contributed by atoms with van der Waals surface area (Å²) < 4.78 is 6.54. The third kappa shape index (κ3) is 3.09. The zero-order valence-electron chi connectivity index (χ0n) is 12.1. The van der Waals surface area contributed by atoms with E-state index in [0.717, 1.165) is 10.2 Å². The summed E-state index contributed by atoms with van der Waals surface area (Å²) in [5.41, 5.74) is 6.14. The fourth-order valence-corrected chi connectivity index (χ4v) is 3.65. The first-order valence-electron chi connectivity index (χ1n) is 6.49. The highest BCUT2D eigenvalue weighted by Crippen LogP contribution is 2.37. The van der Waals surface area contributed by atoms with E-state index in [1.165, 1.54) is 27.8 Å². The zero-order chi connectivity index (χ0) is 14.9. The van der Waals surface area contributed by atoms with Gasteiger partial charge in [-0.3, -0.25) is 0 Å². The molecular weight excluding hydrogens is 380 g/mol. The van der Waals surface area contributed by atoms with Crippen LogP contribution in [0, 0.1) is 20.8 Å². The van der Waals surface area contributed by atoms with E-state index in [0.29, 0.717) is 0 Å². The predicted octanol–water partition coefficient (Wildman–Crippen LogP) is 5.87. The van der Waals surface area contributed by atoms with Crippen molar-refractivity contribution < 1.29 is 4.74 Å². The van der Waals surface area contributed by atoms with Gasteiger partial charge >= 0.3 is 0 Å². The van der Waals surface area contributed by atoms with Gasteiger partial charge in [-0.15, -0.1) is 0 Å². The first kappa shape index (κ1) is 15.6. The number of hydrogen-bond donors (Lipinski definition) is 0. The van der Waals surface area contributed by atoms with E-state index in [1.807, 2.05) is 0 Å². The Hall–Kier alpha value is -0.800. The molecule has 3 heteroatoms. The molecule has 20 heavy (non-hydrogen) atoms. The van der Waals surface area contributed by atoms with E-state index < -0.39 is 0 Å². The molecule has 0 saturated heterocycles. The van der Waals surface area contributed by atoms with Gasteiger partial charge in [-0.25, -0.2) is 0 Å². The zero-order valence-corrected chi connectivity index (χ0v) is 15.3. The second-order valence-electron chi connectivity index (χ2n) is 5.05. The molecule has 0 radical (unpaired) electrons. The summed E-state index contributed by atoms with van der Waals surface area (Å²) in [5.74, 6) is 0.972. The average molecular weight is 398 g/mol. The fraction of sp³-hybridized carbons (Fsp3) is 0.294. The number of aryl methyl sites for hydroxylation is 3. The number of halogens is 2. The second-order valence-corrected chi connectivity index (χ2v) is 6.88. The quantitative estimate of drug-likeness (QED) is 0.588. The van der Waals surface area contributed by atoms with Crippen molar-refractivity contribution in [3.63, 3.8) is 0 Å². The Bertz CT molecular complexity index is 612. The van der Waals surface area contributed by atoms with Gasteiger partial charge in [0.1, 0.15) is 5.75 Å². The highest BCUT2D eigenvalue weighted by atomic mass is 79.9. The minimum absolute atomic E-state index is 0.184. The van der Waals surface area contributed by atoms with Gasteiger partial charge in [-0.05, 0) is 60.7 Å². The molecule has 106 valence electrons. The lowest BCUT2D eigenvalue weighted by atomic mass is 9.97. The third-order valence-electron chi connectivity index (χ3n) is 3.49. The maximum absolute atomic E-state index is 5.44. The minimum atomic E-state index is 0.184. The van der Waals surface area contributed by atoms with Gasteiger partial charge in [0, 0.05) is 4.47 Å². The summed E-state index contributed by atoms with van der Waals surface area (Å²) in [4.78, 5) is 0.184. The molecule has 1 unspecified atom stereocenters. The first-order chi connectivity index (χ1) is 9.43. The van der Waals surface area contributed by atoms with Gasteiger partial charge in [0.2, 0.25) is 0 Å². The van der Waals surface area contributed by atoms with Crippen LogP contribution in [0.5, 0.6) is 5.75 Å². The predicted molar refractivity (Wildman–Crippen MR) is 92.1 cm³/mol. The molecule has 0 aliphatic rings. The Kier molecular flexibility index (Phi) is 4.92. The molecule has 0 saturated carbocycles. The van der Waals surface area contributed by atoms with Crippen LogP contribution in [-0.4, -0.2) is 7.11 Å². The topological polar surface area (TPSA) is 9.23 Å². The van der Waals surface area contributed by atoms with E-state index in [-0.39, 0.29) is 4.83 Å². The lowest BCUT2D eigenvalue weighted by Gasteiger charge is -2.17. The van der Waals surface area contributed by atoms with Crippen LogP contribution in [0.2, 0.25) is 0 Å². The van der Waals surface area contributed by atoms with Crippen molar-refractivity contribution >= 4 is 31.9 Å². The monoisotopic (exact) mass is 396 g/mol. The van der Waals surface area contributed by atoms with Crippen LogP contribution in [0.4, 0.5) is 0 Å². The molecule has 0 aliphatic heterocycles. The van der Waals surface area contributed by atoms with Crippen molar-refractivity contribution in [2.75, 3.05) is 7.11 Å². The van der Waals surface area contributed by atoms with Crippen LogP contribution in [0.1, 0.15) is 32.6 Å². The fourth-order valence-electron chi connectivity index (χ4n) is 2.52. The molecule has 1 atom stereocenters. The molecular formula is C17H18Br2O. The molecule has 1 nitrogen and oxygen atoms in total. The van der Waals surface area contributed by atoms with Gasteiger partial charge < -0.3 is 4.74 Å². The van der Waals surface area contributed by atoms with Crippen molar-refractivity contribution in [2.24, 2.45) is 0 Å². The maximum atomic E-state index is 5.44. The van der Waals surface area contributed by atoms with Crippen LogP contribution in [0.25, 0.3) is 0 Å². The smallest absolute Gasteiger partial charge is 0.124 e. The average Bonchev–Trinajstić information content (AvgIpc) is 2.40. The van der Waals surface area contributed by atoms with Crippen LogP contribution in [-0.2, 0) is 0 Å². The van der Waals surface area contributed by atoms with Crippen LogP contribution in [0.15, 0.2) is 34.8 Å². The van der Waals surface area contributed by atoms with E-state index in [2.05, 4.69) is 83.0 Å². The maximum Gasteiger partial charge on any atom is 0.124 e. The molecule has 2 aromatic carbocycles. The lowest BCUT2D eigenvalue weighted by Crippen LogP contribution is -1.99. The number of hydrogen-bond acceptors (Lipinski definition) is 1. The van der Waals surface area contributed by atoms with Gasteiger partial charge in [0.25, 0.3) is 0 Å². The van der Waals surface area contributed by atoms with Gasteiger partial charge in [-0.1, -0.05) is 50.1 Å². The standard InChI is InChI=1S/C17H18Br2O/c1-10-5-6-14(18)9-15(10)16(19)13-7-11(2)17(20-4)12(3)8-13/h5-9,16H,1-4H3. The van der Waals surface area contributed by atoms with E-state index in [1.54, 1.807) is 7.11 Å². The Morgan fingerprint density at radius 3 is 2.10 bits per heavy atom. The van der Waals surface area contributed by atoms with Crippen molar-refractivity contribution in [1.29, 1.82) is 0 Å². The largest absolute Gasteiger partial charge is 0.496 e. The molecule has 0 amide bonds. The Morgan fingerprint density at radius 2 is 1.55 bits per heavy atom. The number of alkyl halides is 1. The van der Waals surface area contributed by atoms with Gasteiger partial charge in [0.05, 0.1) is 11.9 Å². The number of benzene rings is 2. The molecule has 0 aromatic heterocycles. The molecule has 0 spiro atoms. The summed E-state index contributed by atoms with van der Waals surface area (Å²) in [6.45, 7) is 6.31. The number of ether oxygens (including phenoxy) is 1. The molecule has 2 aromatic rings. The normalized spacial score (nSPS) is 12.3. The summed E-state index contributed by atoms with van der Waals surface area (Å²) in [5, 5.41) is 0. The SMILES string of the molecule is COc1c(C)cc(C(Br)c2cc(Br)ccc2C)cc1C. The molecule has 2 rings (SSSR count). The molecule has 0 aliphatic carbocycles. The summed E-state index contributed by atoms with van der Waals surface area (Å²) >= 11 is 7.38. The summed E-state index contributed by atoms with van der Waals surface area (Å²) in [6.07, 6.45) is 0. The Balaban J connectivity index is 2.48. The van der Waals surface area contributed by atoms with Crippen molar-refractivity contribution in [3.8, 4) is 5.75 Å². The highest BCUT2D eigenvalue weighted by Gasteiger charge is 2.16. The Morgan fingerprint density at radius 1 is 0.950 bits per heavy atom. The van der Waals surface area contributed by atoms with Gasteiger partial charge in [-0.2, -0.15) is 0 Å².